The van der Waals surface area contributed by atoms with Crippen molar-refractivity contribution in [2.24, 2.45) is 0 Å². The third-order valence-corrected chi connectivity index (χ3v) is 7.73. The summed E-state index contributed by atoms with van der Waals surface area (Å²) in [7, 11) is 1.38. The summed E-state index contributed by atoms with van der Waals surface area (Å²) in [6.45, 7) is 4.54. The highest BCUT2D eigenvalue weighted by Crippen LogP contribution is 2.41. The first-order chi connectivity index (χ1) is 19.4. The van der Waals surface area contributed by atoms with Gasteiger partial charge in [0.1, 0.15) is 5.82 Å². The van der Waals surface area contributed by atoms with Crippen LogP contribution in [0.25, 0.3) is 11.1 Å². The van der Waals surface area contributed by atoms with E-state index in [1.165, 1.54) is 32.0 Å². The molecule has 6 nitrogen and oxygen atoms in total. The normalized spacial score (nSPS) is 18.0. The average molecular weight is 596 g/mol. The molecule has 2 unspecified atom stereocenters. The lowest BCUT2D eigenvalue weighted by molar-refractivity contribution is -0.143. The van der Waals surface area contributed by atoms with Gasteiger partial charge in [0.2, 0.25) is 5.91 Å². The van der Waals surface area contributed by atoms with Crippen LogP contribution in [0, 0.1) is 6.92 Å². The number of alkyl halides is 6. The number of rotatable bonds is 6. The van der Waals surface area contributed by atoms with Crippen LogP contribution in [-0.2, 0) is 22.6 Å². The fourth-order valence-electron chi connectivity index (χ4n) is 5.14. The lowest BCUT2D eigenvalue weighted by atomic mass is 9.81. The standard InChI is InChI=1S/C30H31F6N3O3/c1-17-5-7-18(8-6-17)22-14-26(39-10-9-25(41)24(39)16-40)37-15-23(22)38(4)27(42)28(2,3)19-11-20(29(31,32)33)13-21(12-19)30(34,35)36/h5-8,11-15,24-25,40-41H,9-10,16H2,1-4H3. The minimum absolute atomic E-state index is 0.0286. The quantitative estimate of drug-likeness (QED) is 0.344. The molecule has 1 aliphatic rings. The predicted molar refractivity (Wildman–Crippen MR) is 146 cm³/mol. The third kappa shape index (κ3) is 6.10. The third-order valence-electron chi connectivity index (χ3n) is 7.73. The molecule has 0 radical (unpaired) electrons. The fourth-order valence-corrected chi connectivity index (χ4v) is 5.14. The van der Waals surface area contributed by atoms with Crippen LogP contribution >= 0.6 is 0 Å². The Morgan fingerprint density at radius 1 is 0.976 bits per heavy atom. The summed E-state index contributed by atoms with van der Waals surface area (Å²) < 4.78 is 81.3. The number of aromatic nitrogens is 1. The molecule has 0 aliphatic carbocycles. The Balaban J connectivity index is 1.81. The Kier molecular flexibility index (Phi) is 8.36. The van der Waals surface area contributed by atoms with E-state index in [4.69, 9.17) is 0 Å². The van der Waals surface area contributed by atoms with Crippen molar-refractivity contribution in [3.8, 4) is 11.1 Å². The number of aryl methyl sites for hydroxylation is 1. The van der Waals surface area contributed by atoms with Crippen LogP contribution in [0.2, 0.25) is 0 Å². The molecule has 1 fully saturated rings. The summed E-state index contributed by atoms with van der Waals surface area (Å²) in [5.41, 5.74) is -2.83. The Bertz CT molecular complexity index is 1420. The number of hydrogen-bond donors (Lipinski definition) is 2. The number of pyridine rings is 1. The number of aliphatic hydroxyl groups excluding tert-OH is 2. The molecule has 2 aromatic carbocycles. The van der Waals surface area contributed by atoms with Crippen LogP contribution in [0.5, 0.6) is 0 Å². The van der Waals surface area contributed by atoms with Crippen molar-refractivity contribution in [1.82, 2.24) is 4.98 Å². The minimum Gasteiger partial charge on any atom is -0.394 e. The summed E-state index contributed by atoms with van der Waals surface area (Å²) in [6.07, 6.45) is -9.08. The van der Waals surface area contributed by atoms with Crippen LogP contribution in [0.4, 0.5) is 37.8 Å². The van der Waals surface area contributed by atoms with Gasteiger partial charge in [0.25, 0.3) is 0 Å². The molecule has 1 aliphatic heterocycles. The lowest BCUT2D eigenvalue weighted by Crippen LogP contribution is -2.42. The maximum Gasteiger partial charge on any atom is 0.416 e. The number of halogens is 6. The highest BCUT2D eigenvalue weighted by atomic mass is 19.4. The smallest absolute Gasteiger partial charge is 0.394 e. The van der Waals surface area contributed by atoms with Gasteiger partial charge in [-0.25, -0.2) is 4.98 Å². The number of hydrogen-bond acceptors (Lipinski definition) is 5. The summed E-state index contributed by atoms with van der Waals surface area (Å²) >= 11 is 0. The van der Waals surface area contributed by atoms with Crippen LogP contribution in [0.1, 0.15) is 42.5 Å². The van der Waals surface area contributed by atoms with E-state index >= 15 is 0 Å². The van der Waals surface area contributed by atoms with Gasteiger partial charge in [-0.3, -0.25) is 4.79 Å². The molecule has 1 amide bonds. The van der Waals surface area contributed by atoms with Crippen molar-refractivity contribution in [2.75, 3.05) is 30.0 Å². The van der Waals surface area contributed by atoms with Crippen molar-refractivity contribution in [2.45, 2.75) is 57.1 Å². The Labute approximate surface area is 239 Å². The van der Waals surface area contributed by atoms with Gasteiger partial charge in [-0.1, -0.05) is 29.8 Å². The molecule has 1 aromatic heterocycles. The van der Waals surface area contributed by atoms with Crippen LogP contribution < -0.4 is 9.80 Å². The molecule has 3 aromatic rings. The summed E-state index contributed by atoms with van der Waals surface area (Å²) in [6, 6.07) is 9.58. The van der Waals surface area contributed by atoms with E-state index < -0.39 is 52.5 Å². The van der Waals surface area contributed by atoms with E-state index in [1.54, 1.807) is 11.0 Å². The van der Waals surface area contributed by atoms with Gasteiger partial charge in [0, 0.05) is 19.2 Å². The van der Waals surface area contributed by atoms with Gasteiger partial charge in [0.05, 0.1) is 47.2 Å². The largest absolute Gasteiger partial charge is 0.416 e. The SMILES string of the molecule is Cc1ccc(-c2cc(N3CCC(O)C3CO)ncc2N(C)C(=O)C(C)(C)c2cc(C(F)(F)F)cc(C(F)(F)F)c2)cc1. The topological polar surface area (TPSA) is 76.9 Å². The van der Waals surface area contributed by atoms with Gasteiger partial charge in [-0.05, 0) is 62.6 Å². The second-order valence-corrected chi connectivity index (χ2v) is 11.0. The molecular formula is C30H31F6N3O3. The maximum atomic E-state index is 13.9. The average Bonchev–Trinajstić information content (AvgIpc) is 3.31. The summed E-state index contributed by atoms with van der Waals surface area (Å²) in [4.78, 5) is 21.2. The molecule has 4 rings (SSSR count). The molecule has 1 saturated heterocycles. The molecule has 0 saturated carbocycles. The highest BCUT2D eigenvalue weighted by Gasteiger charge is 2.41. The monoisotopic (exact) mass is 595 g/mol. The Hall–Kier alpha value is -3.64. The van der Waals surface area contributed by atoms with Crippen molar-refractivity contribution in [3.05, 3.63) is 77.0 Å². The van der Waals surface area contributed by atoms with E-state index in [2.05, 4.69) is 4.98 Å². The van der Waals surface area contributed by atoms with Gasteiger partial charge < -0.3 is 20.0 Å². The number of carbonyl (C=O) groups is 1. The number of amides is 1. The molecule has 0 spiro atoms. The number of nitrogens with zero attached hydrogens (tertiary/aromatic N) is 3. The predicted octanol–water partition coefficient (Wildman–Crippen LogP) is 5.97. The minimum atomic E-state index is -5.06. The van der Waals surface area contributed by atoms with E-state index in [0.29, 0.717) is 42.0 Å². The first-order valence-electron chi connectivity index (χ1n) is 13.2. The molecule has 2 N–H and O–H groups in total. The van der Waals surface area contributed by atoms with E-state index in [0.717, 1.165) is 5.56 Å². The van der Waals surface area contributed by atoms with Crippen molar-refractivity contribution in [1.29, 1.82) is 0 Å². The Morgan fingerprint density at radius 3 is 2.05 bits per heavy atom. The van der Waals surface area contributed by atoms with Gasteiger partial charge in [-0.2, -0.15) is 26.3 Å². The molecule has 2 heterocycles. The molecule has 12 heteroatoms. The van der Waals surface area contributed by atoms with Gasteiger partial charge in [0.15, 0.2) is 0 Å². The zero-order chi connectivity index (χ0) is 31.2. The highest BCUT2D eigenvalue weighted by molar-refractivity contribution is 6.03. The van der Waals surface area contributed by atoms with Gasteiger partial charge >= 0.3 is 12.4 Å². The maximum absolute atomic E-state index is 13.9. The van der Waals surface area contributed by atoms with Crippen molar-refractivity contribution >= 4 is 17.4 Å². The van der Waals surface area contributed by atoms with Crippen molar-refractivity contribution < 1.29 is 41.4 Å². The van der Waals surface area contributed by atoms with E-state index in [1.807, 2.05) is 31.2 Å². The lowest BCUT2D eigenvalue weighted by Gasteiger charge is -2.32. The fraction of sp³-hybridized carbons (Fsp3) is 0.400. The first-order valence-corrected chi connectivity index (χ1v) is 13.2. The molecule has 0 bridgehead atoms. The molecule has 226 valence electrons. The zero-order valence-corrected chi connectivity index (χ0v) is 23.4. The molecular weight excluding hydrogens is 564 g/mol. The van der Waals surface area contributed by atoms with Crippen LogP contribution in [-0.4, -0.2) is 53.4 Å². The first kappa shape index (κ1) is 31.3. The van der Waals surface area contributed by atoms with Gasteiger partial charge in [-0.15, -0.1) is 0 Å². The second-order valence-electron chi connectivity index (χ2n) is 11.0. The van der Waals surface area contributed by atoms with Crippen LogP contribution in [0.15, 0.2) is 54.7 Å². The number of aliphatic hydroxyl groups is 2. The second kappa shape index (κ2) is 11.2. The number of benzene rings is 2. The Morgan fingerprint density at radius 2 is 1.52 bits per heavy atom. The summed E-state index contributed by atoms with van der Waals surface area (Å²) in [5, 5.41) is 20.1. The molecule has 42 heavy (non-hydrogen) atoms. The van der Waals surface area contributed by atoms with Crippen molar-refractivity contribution in [3.63, 3.8) is 0 Å². The van der Waals surface area contributed by atoms with E-state index in [9.17, 15) is 41.4 Å². The van der Waals surface area contributed by atoms with Crippen LogP contribution in [0.3, 0.4) is 0 Å². The van der Waals surface area contributed by atoms with E-state index in [-0.39, 0.29) is 18.4 Å². The summed E-state index contributed by atoms with van der Waals surface area (Å²) in [5.74, 6) is -0.333. The molecule has 2 atom stereocenters. The zero-order valence-electron chi connectivity index (χ0n) is 23.4. The number of carbonyl (C=O) groups excluding carboxylic acids is 1. The number of likely N-dealkylation sites (N-methyl/N-ethyl adjacent to an activating group) is 1. The number of anilines is 2.